The summed E-state index contributed by atoms with van der Waals surface area (Å²) in [5, 5.41) is 0.776. The number of hydrogen-bond donors (Lipinski definition) is 0. The van der Waals surface area contributed by atoms with Gasteiger partial charge in [0.15, 0.2) is 17.3 Å². The molecule has 0 unspecified atom stereocenters. The molecule has 0 atom stereocenters. The third-order valence-corrected chi connectivity index (χ3v) is 4.28. The van der Waals surface area contributed by atoms with E-state index in [0.717, 1.165) is 16.5 Å². The van der Waals surface area contributed by atoms with E-state index >= 15 is 0 Å². The SMILES string of the molecule is COc1ccc2nc(/C=C/c3cccc(OC)c3OC)cc(C(C)=O)c2c1. The minimum Gasteiger partial charge on any atom is -0.497 e. The van der Waals surface area contributed by atoms with Crippen LogP contribution in [0.1, 0.15) is 28.5 Å². The van der Waals surface area contributed by atoms with Gasteiger partial charge in [0.25, 0.3) is 0 Å². The molecule has 0 amide bonds. The number of benzene rings is 2. The van der Waals surface area contributed by atoms with Gasteiger partial charge in [-0.2, -0.15) is 0 Å². The molecule has 5 nitrogen and oxygen atoms in total. The van der Waals surface area contributed by atoms with Gasteiger partial charge in [-0.1, -0.05) is 12.1 Å². The van der Waals surface area contributed by atoms with Gasteiger partial charge in [0, 0.05) is 16.5 Å². The van der Waals surface area contributed by atoms with Crippen molar-refractivity contribution in [3.8, 4) is 17.2 Å². The highest BCUT2D eigenvalue weighted by Crippen LogP contribution is 2.32. The van der Waals surface area contributed by atoms with Crippen LogP contribution in [0.15, 0.2) is 42.5 Å². The van der Waals surface area contributed by atoms with Crippen molar-refractivity contribution in [1.82, 2.24) is 4.98 Å². The lowest BCUT2D eigenvalue weighted by molar-refractivity contribution is 0.101. The van der Waals surface area contributed by atoms with Crippen molar-refractivity contribution in [3.05, 3.63) is 59.3 Å². The molecule has 0 saturated heterocycles. The topological polar surface area (TPSA) is 57.6 Å². The van der Waals surface area contributed by atoms with E-state index in [-0.39, 0.29) is 5.78 Å². The molecule has 3 rings (SSSR count). The fourth-order valence-electron chi connectivity index (χ4n) is 2.95. The third kappa shape index (κ3) is 3.77. The van der Waals surface area contributed by atoms with Crippen LogP contribution in [0, 0.1) is 0 Å². The largest absolute Gasteiger partial charge is 0.497 e. The summed E-state index contributed by atoms with van der Waals surface area (Å²) in [6, 6.07) is 13.0. The zero-order valence-electron chi connectivity index (χ0n) is 15.8. The van der Waals surface area contributed by atoms with Crippen LogP contribution < -0.4 is 14.2 Å². The number of pyridine rings is 1. The molecule has 5 heteroatoms. The summed E-state index contributed by atoms with van der Waals surface area (Å²) in [6.07, 6.45) is 3.75. The Morgan fingerprint density at radius 3 is 2.44 bits per heavy atom. The van der Waals surface area contributed by atoms with Crippen molar-refractivity contribution in [2.45, 2.75) is 6.92 Å². The van der Waals surface area contributed by atoms with E-state index in [1.54, 1.807) is 34.3 Å². The molecule has 0 radical (unpaired) electrons. The average molecular weight is 363 g/mol. The summed E-state index contributed by atoms with van der Waals surface area (Å²) in [5.41, 5.74) is 2.89. The van der Waals surface area contributed by atoms with Crippen molar-refractivity contribution in [2.24, 2.45) is 0 Å². The summed E-state index contributed by atoms with van der Waals surface area (Å²) < 4.78 is 16.0. The predicted molar refractivity (Wildman–Crippen MR) is 107 cm³/mol. The number of carbonyl (C=O) groups excluding carboxylic acids is 1. The second kappa shape index (κ2) is 7.91. The molecule has 0 fully saturated rings. The summed E-state index contributed by atoms with van der Waals surface area (Å²) in [4.78, 5) is 16.8. The molecule has 0 aliphatic rings. The first kappa shape index (κ1) is 18.5. The predicted octanol–water partition coefficient (Wildman–Crippen LogP) is 4.63. The Morgan fingerprint density at radius 1 is 0.963 bits per heavy atom. The fourth-order valence-corrected chi connectivity index (χ4v) is 2.95. The number of rotatable bonds is 6. The van der Waals surface area contributed by atoms with Gasteiger partial charge in [0.1, 0.15) is 5.75 Å². The Hall–Kier alpha value is -3.34. The Balaban J connectivity index is 2.08. The number of para-hydroxylation sites is 1. The molecular weight excluding hydrogens is 342 g/mol. The number of ketones is 1. The molecular formula is C22H21NO4. The maximum Gasteiger partial charge on any atom is 0.167 e. The van der Waals surface area contributed by atoms with Crippen LogP contribution in [0.4, 0.5) is 0 Å². The molecule has 0 spiro atoms. The summed E-state index contributed by atoms with van der Waals surface area (Å²) in [7, 11) is 4.80. The Morgan fingerprint density at radius 2 is 1.78 bits per heavy atom. The van der Waals surface area contributed by atoms with Gasteiger partial charge in [-0.3, -0.25) is 4.79 Å². The Bertz CT molecular complexity index is 1020. The molecule has 1 aromatic heterocycles. The second-order valence-corrected chi connectivity index (χ2v) is 5.95. The molecule has 0 aliphatic carbocycles. The van der Waals surface area contributed by atoms with Crippen LogP contribution in [0.3, 0.4) is 0 Å². The van der Waals surface area contributed by atoms with Crippen molar-refractivity contribution >= 4 is 28.8 Å². The van der Waals surface area contributed by atoms with Crippen LogP contribution in [0.25, 0.3) is 23.1 Å². The van der Waals surface area contributed by atoms with Gasteiger partial charge in [-0.15, -0.1) is 0 Å². The van der Waals surface area contributed by atoms with Gasteiger partial charge < -0.3 is 14.2 Å². The quantitative estimate of drug-likeness (QED) is 0.598. The van der Waals surface area contributed by atoms with Gasteiger partial charge >= 0.3 is 0 Å². The van der Waals surface area contributed by atoms with Gasteiger partial charge in [-0.05, 0) is 49.4 Å². The van der Waals surface area contributed by atoms with Crippen LogP contribution in [0.2, 0.25) is 0 Å². The minimum atomic E-state index is -0.0238. The van der Waals surface area contributed by atoms with Crippen LogP contribution >= 0.6 is 0 Å². The smallest absolute Gasteiger partial charge is 0.167 e. The van der Waals surface area contributed by atoms with E-state index < -0.39 is 0 Å². The van der Waals surface area contributed by atoms with Gasteiger partial charge in [0.05, 0.1) is 32.5 Å². The number of carbonyl (C=O) groups is 1. The molecule has 2 aromatic carbocycles. The highest BCUT2D eigenvalue weighted by molar-refractivity contribution is 6.07. The molecule has 1 heterocycles. The van der Waals surface area contributed by atoms with Gasteiger partial charge in [0.2, 0.25) is 0 Å². The first-order valence-electron chi connectivity index (χ1n) is 8.46. The molecule has 0 aliphatic heterocycles. The highest BCUT2D eigenvalue weighted by Gasteiger charge is 2.11. The van der Waals surface area contributed by atoms with Crippen molar-refractivity contribution in [1.29, 1.82) is 0 Å². The normalized spacial score (nSPS) is 11.0. The van der Waals surface area contributed by atoms with Crippen molar-refractivity contribution in [3.63, 3.8) is 0 Å². The van der Waals surface area contributed by atoms with Crippen LogP contribution in [-0.2, 0) is 0 Å². The number of ether oxygens (including phenoxy) is 3. The number of aromatic nitrogens is 1. The zero-order valence-corrected chi connectivity index (χ0v) is 15.8. The maximum atomic E-state index is 12.1. The minimum absolute atomic E-state index is 0.0238. The molecule has 0 saturated carbocycles. The molecule has 27 heavy (non-hydrogen) atoms. The number of nitrogens with zero attached hydrogens (tertiary/aromatic N) is 1. The van der Waals surface area contributed by atoms with E-state index in [0.29, 0.717) is 28.5 Å². The lowest BCUT2D eigenvalue weighted by atomic mass is 10.0. The third-order valence-electron chi connectivity index (χ3n) is 4.28. The lowest BCUT2D eigenvalue weighted by Gasteiger charge is -2.10. The second-order valence-electron chi connectivity index (χ2n) is 5.95. The maximum absolute atomic E-state index is 12.1. The Labute approximate surface area is 158 Å². The molecule has 138 valence electrons. The summed E-state index contributed by atoms with van der Waals surface area (Å²) in [6.45, 7) is 1.55. The summed E-state index contributed by atoms with van der Waals surface area (Å²) >= 11 is 0. The van der Waals surface area contributed by atoms with Crippen LogP contribution in [0.5, 0.6) is 17.2 Å². The first-order valence-corrected chi connectivity index (χ1v) is 8.46. The first-order chi connectivity index (χ1) is 13.1. The van der Waals surface area contributed by atoms with E-state index in [9.17, 15) is 4.79 Å². The zero-order chi connectivity index (χ0) is 19.4. The number of methoxy groups -OCH3 is 3. The van der Waals surface area contributed by atoms with Gasteiger partial charge in [-0.25, -0.2) is 4.98 Å². The molecule has 0 bridgehead atoms. The van der Waals surface area contributed by atoms with Crippen LogP contribution in [-0.4, -0.2) is 32.1 Å². The van der Waals surface area contributed by atoms with Crippen molar-refractivity contribution < 1.29 is 19.0 Å². The van der Waals surface area contributed by atoms with E-state index in [4.69, 9.17) is 14.2 Å². The number of fused-ring (bicyclic) bond motifs is 1. The van der Waals surface area contributed by atoms with E-state index in [2.05, 4.69) is 4.98 Å². The van der Waals surface area contributed by atoms with Crippen molar-refractivity contribution in [2.75, 3.05) is 21.3 Å². The number of Topliss-reactive ketones (excluding diaryl/α,β-unsaturated/α-hetero) is 1. The number of hydrogen-bond acceptors (Lipinski definition) is 5. The molecule has 3 aromatic rings. The Kier molecular flexibility index (Phi) is 5.41. The summed E-state index contributed by atoms with van der Waals surface area (Å²) in [5.74, 6) is 1.97. The van der Waals surface area contributed by atoms with E-state index in [1.807, 2.05) is 48.6 Å². The molecule has 0 N–H and O–H groups in total. The average Bonchev–Trinajstić information content (AvgIpc) is 2.70. The fraction of sp³-hybridized carbons (Fsp3) is 0.182. The van der Waals surface area contributed by atoms with E-state index in [1.165, 1.54) is 0 Å². The lowest BCUT2D eigenvalue weighted by Crippen LogP contribution is -1.98. The highest BCUT2D eigenvalue weighted by atomic mass is 16.5. The standard InChI is InChI=1S/C22H21NO4/c1-14(24)18-12-16(23-20-11-10-17(25-2)13-19(18)20)9-8-15-6-5-7-21(26-3)22(15)27-4/h5-13H,1-4H3/b9-8+. The monoisotopic (exact) mass is 363 g/mol.